The van der Waals surface area contributed by atoms with Gasteiger partial charge in [0.25, 0.3) is 0 Å². The second-order valence-corrected chi connectivity index (χ2v) is 5.54. The van der Waals surface area contributed by atoms with Crippen LogP contribution in [0.3, 0.4) is 0 Å². The predicted octanol–water partition coefficient (Wildman–Crippen LogP) is 3.17. The van der Waals surface area contributed by atoms with E-state index in [1.807, 2.05) is 6.92 Å². The number of hydrogen-bond acceptors (Lipinski definition) is 4. The fourth-order valence-electron chi connectivity index (χ4n) is 2.84. The Labute approximate surface area is 117 Å². The highest BCUT2D eigenvalue weighted by Gasteiger charge is 2.25. The average molecular weight is 275 g/mol. The minimum Gasteiger partial charge on any atom is -0.339 e. The molecule has 2 aromatic rings. The lowest BCUT2D eigenvalue weighted by molar-refractivity contribution is 0.299. The van der Waals surface area contributed by atoms with Crippen molar-refractivity contribution in [3.05, 3.63) is 35.5 Å². The molecule has 1 aliphatic carbocycles. The molecule has 5 heteroatoms. The topological polar surface area (TPSA) is 64.9 Å². The molecule has 1 saturated carbocycles. The Morgan fingerprint density at radius 1 is 1.35 bits per heavy atom. The molecule has 2 atom stereocenters. The SMILES string of the molecule is Cc1cc(F)ccc1-c1noc(C2CCCC(N)C2)n1. The van der Waals surface area contributed by atoms with Crippen LogP contribution in [0.25, 0.3) is 11.4 Å². The normalized spacial score (nSPS) is 22.9. The van der Waals surface area contributed by atoms with E-state index in [-0.39, 0.29) is 17.8 Å². The van der Waals surface area contributed by atoms with Crippen molar-refractivity contribution in [2.45, 2.75) is 44.6 Å². The molecule has 20 heavy (non-hydrogen) atoms. The lowest BCUT2D eigenvalue weighted by Gasteiger charge is -2.23. The van der Waals surface area contributed by atoms with Gasteiger partial charge in [-0.1, -0.05) is 11.6 Å². The summed E-state index contributed by atoms with van der Waals surface area (Å²) in [6.45, 7) is 1.84. The molecule has 4 nitrogen and oxygen atoms in total. The van der Waals surface area contributed by atoms with Crippen LogP contribution in [0.5, 0.6) is 0 Å². The number of aryl methyl sites for hydroxylation is 1. The summed E-state index contributed by atoms with van der Waals surface area (Å²) in [6, 6.07) is 4.79. The van der Waals surface area contributed by atoms with Crippen LogP contribution in [-0.2, 0) is 0 Å². The molecule has 3 rings (SSSR count). The predicted molar refractivity (Wildman–Crippen MR) is 73.6 cm³/mol. The maximum atomic E-state index is 13.1. The van der Waals surface area contributed by atoms with Crippen LogP contribution in [0.1, 0.15) is 43.1 Å². The third kappa shape index (κ3) is 2.58. The number of aromatic nitrogens is 2. The fraction of sp³-hybridized carbons (Fsp3) is 0.467. The zero-order valence-electron chi connectivity index (χ0n) is 11.5. The van der Waals surface area contributed by atoms with Gasteiger partial charge in [0.15, 0.2) is 0 Å². The molecule has 0 bridgehead atoms. The summed E-state index contributed by atoms with van der Waals surface area (Å²) in [4.78, 5) is 4.47. The third-order valence-electron chi connectivity index (χ3n) is 3.94. The summed E-state index contributed by atoms with van der Waals surface area (Å²) in [6.07, 6.45) is 4.09. The molecule has 1 heterocycles. The van der Waals surface area contributed by atoms with Gasteiger partial charge in [-0.05, 0) is 49.9 Å². The summed E-state index contributed by atoms with van der Waals surface area (Å²) in [5.74, 6) is 1.17. The molecule has 106 valence electrons. The highest BCUT2D eigenvalue weighted by atomic mass is 19.1. The maximum Gasteiger partial charge on any atom is 0.230 e. The van der Waals surface area contributed by atoms with Crippen LogP contribution in [0.15, 0.2) is 22.7 Å². The molecular formula is C15H18FN3O. The molecular weight excluding hydrogens is 257 g/mol. The molecule has 2 N–H and O–H groups in total. The Hall–Kier alpha value is -1.75. The summed E-state index contributed by atoms with van der Waals surface area (Å²) < 4.78 is 18.5. The van der Waals surface area contributed by atoms with Crippen LogP contribution in [0, 0.1) is 12.7 Å². The first-order chi connectivity index (χ1) is 9.63. The van der Waals surface area contributed by atoms with Crippen molar-refractivity contribution in [3.8, 4) is 11.4 Å². The first-order valence-electron chi connectivity index (χ1n) is 6.99. The van der Waals surface area contributed by atoms with Crippen molar-refractivity contribution in [2.24, 2.45) is 5.73 Å². The van der Waals surface area contributed by atoms with Gasteiger partial charge in [-0.25, -0.2) is 4.39 Å². The average Bonchev–Trinajstić information content (AvgIpc) is 2.88. The first kappa shape index (κ1) is 13.2. The van der Waals surface area contributed by atoms with E-state index in [0.717, 1.165) is 36.8 Å². The largest absolute Gasteiger partial charge is 0.339 e. The number of nitrogens with two attached hydrogens (primary N) is 1. The van der Waals surface area contributed by atoms with Gasteiger partial charge in [0.05, 0.1) is 0 Å². The van der Waals surface area contributed by atoms with E-state index in [9.17, 15) is 4.39 Å². The quantitative estimate of drug-likeness (QED) is 0.914. The molecule has 1 aromatic heterocycles. The van der Waals surface area contributed by atoms with E-state index in [1.54, 1.807) is 6.07 Å². The molecule has 1 aromatic carbocycles. The Morgan fingerprint density at radius 2 is 2.20 bits per heavy atom. The highest BCUT2D eigenvalue weighted by Crippen LogP contribution is 2.32. The molecule has 1 fully saturated rings. The molecule has 0 saturated heterocycles. The van der Waals surface area contributed by atoms with Crippen molar-refractivity contribution < 1.29 is 8.91 Å². The van der Waals surface area contributed by atoms with Crippen LogP contribution in [-0.4, -0.2) is 16.2 Å². The number of halogens is 1. The Kier molecular flexibility index (Phi) is 3.53. The number of hydrogen-bond donors (Lipinski definition) is 1. The summed E-state index contributed by atoms with van der Waals surface area (Å²) in [7, 11) is 0. The zero-order valence-corrected chi connectivity index (χ0v) is 11.5. The first-order valence-corrected chi connectivity index (χ1v) is 6.99. The monoisotopic (exact) mass is 275 g/mol. The second kappa shape index (κ2) is 5.32. The van der Waals surface area contributed by atoms with Crippen molar-refractivity contribution in [1.82, 2.24) is 10.1 Å². The standard InChI is InChI=1S/C15H18FN3O/c1-9-7-11(16)5-6-13(9)14-18-15(20-19-14)10-3-2-4-12(17)8-10/h5-7,10,12H,2-4,8,17H2,1H3. The molecule has 0 spiro atoms. The van der Waals surface area contributed by atoms with Gasteiger partial charge in [-0.2, -0.15) is 4.98 Å². The van der Waals surface area contributed by atoms with Crippen molar-refractivity contribution in [1.29, 1.82) is 0 Å². The minimum absolute atomic E-state index is 0.219. The molecule has 1 aliphatic rings. The van der Waals surface area contributed by atoms with Crippen molar-refractivity contribution in [3.63, 3.8) is 0 Å². The van der Waals surface area contributed by atoms with E-state index in [2.05, 4.69) is 10.1 Å². The molecule has 0 radical (unpaired) electrons. The maximum absolute atomic E-state index is 13.1. The zero-order chi connectivity index (χ0) is 14.1. The van der Waals surface area contributed by atoms with Gasteiger partial charge in [-0.15, -0.1) is 0 Å². The van der Waals surface area contributed by atoms with E-state index >= 15 is 0 Å². The van der Waals surface area contributed by atoms with Gasteiger partial charge in [0.2, 0.25) is 11.7 Å². The molecule has 0 aliphatic heterocycles. The minimum atomic E-state index is -0.256. The number of nitrogens with zero attached hydrogens (tertiary/aromatic N) is 2. The smallest absolute Gasteiger partial charge is 0.230 e. The third-order valence-corrected chi connectivity index (χ3v) is 3.94. The Bertz CT molecular complexity index is 611. The van der Waals surface area contributed by atoms with Crippen molar-refractivity contribution in [2.75, 3.05) is 0 Å². The molecule has 0 amide bonds. The van der Waals surface area contributed by atoms with Crippen LogP contribution in [0.4, 0.5) is 4.39 Å². The lowest BCUT2D eigenvalue weighted by Crippen LogP contribution is -2.26. The highest BCUT2D eigenvalue weighted by molar-refractivity contribution is 5.59. The van der Waals surface area contributed by atoms with Crippen molar-refractivity contribution >= 4 is 0 Å². The van der Waals surface area contributed by atoms with E-state index in [4.69, 9.17) is 10.3 Å². The summed E-state index contributed by atoms with van der Waals surface area (Å²) in [5, 5.41) is 4.03. The Balaban J connectivity index is 1.86. The van der Waals surface area contributed by atoms with Crippen LogP contribution < -0.4 is 5.73 Å². The fourth-order valence-corrected chi connectivity index (χ4v) is 2.84. The summed E-state index contributed by atoms with van der Waals surface area (Å²) >= 11 is 0. The van der Waals surface area contributed by atoms with Crippen LogP contribution in [0.2, 0.25) is 0 Å². The number of rotatable bonds is 2. The molecule has 2 unspecified atom stereocenters. The second-order valence-electron chi connectivity index (χ2n) is 5.54. The Morgan fingerprint density at radius 3 is 2.95 bits per heavy atom. The van der Waals surface area contributed by atoms with Gasteiger partial charge < -0.3 is 10.3 Å². The lowest BCUT2D eigenvalue weighted by atomic mass is 9.86. The van der Waals surface area contributed by atoms with E-state index < -0.39 is 0 Å². The van der Waals surface area contributed by atoms with Gasteiger partial charge in [0, 0.05) is 17.5 Å². The van der Waals surface area contributed by atoms with Gasteiger partial charge in [0.1, 0.15) is 5.82 Å². The van der Waals surface area contributed by atoms with E-state index in [0.29, 0.717) is 11.7 Å². The number of benzene rings is 1. The van der Waals surface area contributed by atoms with Gasteiger partial charge in [-0.3, -0.25) is 0 Å². The van der Waals surface area contributed by atoms with E-state index in [1.165, 1.54) is 12.1 Å². The summed E-state index contributed by atoms with van der Waals surface area (Å²) in [5.41, 5.74) is 7.60. The van der Waals surface area contributed by atoms with Crippen LogP contribution >= 0.6 is 0 Å². The van der Waals surface area contributed by atoms with Gasteiger partial charge >= 0.3 is 0 Å².